The molecule has 0 atom stereocenters. The van der Waals surface area contributed by atoms with Crippen LogP contribution in [0.25, 0.3) is 0 Å². The van der Waals surface area contributed by atoms with Crippen LogP contribution in [0.1, 0.15) is 33.2 Å². The minimum atomic E-state index is 0.106. The van der Waals surface area contributed by atoms with Gasteiger partial charge < -0.3 is 9.64 Å². The molecule has 0 radical (unpaired) electrons. The van der Waals surface area contributed by atoms with Crippen LogP contribution in [0.15, 0.2) is 47.2 Å². The number of nitrogens with zero attached hydrogens (tertiary/aromatic N) is 2. The highest BCUT2D eigenvalue weighted by atomic mass is 35.5. The van der Waals surface area contributed by atoms with Crippen molar-refractivity contribution in [3.05, 3.63) is 67.8 Å². The van der Waals surface area contributed by atoms with Crippen molar-refractivity contribution in [2.45, 2.75) is 32.0 Å². The number of carbonyl (C=O) groups excluding carboxylic acids is 1. The second-order valence-electron chi connectivity index (χ2n) is 6.12. The van der Waals surface area contributed by atoms with Gasteiger partial charge in [0.25, 0.3) is 5.91 Å². The van der Waals surface area contributed by atoms with Crippen LogP contribution < -0.4 is 4.74 Å². The molecule has 0 bridgehead atoms. The molecule has 1 aliphatic rings. The first-order chi connectivity index (χ1) is 12.7. The molecule has 2 aromatic heterocycles. The third-order valence-corrected chi connectivity index (χ3v) is 6.07. The van der Waals surface area contributed by atoms with Crippen molar-refractivity contribution in [1.29, 1.82) is 0 Å². The first-order valence-corrected chi connectivity index (χ1v) is 10.5. The van der Waals surface area contributed by atoms with Crippen LogP contribution in [-0.4, -0.2) is 21.8 Å². The Hall–Kier alpha value is -1.89. The molecule has 1 fully saturated rings. The topological polar surface area (TPSA) is 42.4 Å². The minimum Gasteiger partial charge on any atom is -0.486 e. The van der Waals surface area contributed by atoms with Crippen LogP contribution in [0, 0.1) is 0 Å². The molecule has 0 unspecified atom stereocenters. The van der Waals surface area contributed by atoms with Gasteiger partial charge in [0.1, 0.15) is 17.4 Å². The van der Waals surface area contributed by atoms with Crippen LogP contribution in [0.4, 0.5) is 0 Å². The smallest absolute Gasteiger partial charge is 0.264 e. The summed E-state index contributed by atoms with van der Waals surface area (Å²) < 4.78 is 5.74. The predicted octanol–water partition coefficient (Wildman–Crippen LogP) is 5.24. The lowest BCUT2D eigenvalue weighted by Gasteiger charge is -2.20. The highest BCUT2D eigenvalue weighted by Gasteiger charge is 2.33. The molecule has 1 aliphatic carbocycles. The summed E-state index contributed by atoms with van der Waals surface area (Å²) in [6.07, 6.45) is 2.15. The molecule has 1 saturated carbocycles. The monoisotopic (exact) mass is 404 g/mol. The van der Waals surface area contributed by atoms with Crippen molar-refractivity contribution in [1.82, 2.24) is 9.88 Å². The minimum absolute atomic E-state index is 0.106. The summed E-state index contributed by atoms with van der Waals surface area (Å²) >= 11 is 8.92. The van der Waals surface area contributed by atoms with Crippen molar-refractivity contribution < 1.29 is 9.53 Å². The van der Waals surface area contributed by atoms with Crippen LogP contribution >= 0.6 is 34.3 Å². The molecule has 1 amide bonds. The Bertz CT molecular complexity index is 873. The van der Waals surface area contributed by atoms with E-state index in [1.807, 2.05) is 39.9 Å². The van der Waals surface area contributed by atoms with Crippen molar-refractivity contribution in [3.63, 3.8) is 0 Å². The zero-order valence-corrected chi connectivity index (χ0v) is 16.3. The predicted molar refractivity (Wildman–Crippen MR) is 105 cm³/mol. The Morgan fingerprint density at radius 2 is 2.04 bits per heavy atom. The van der Waals surface area contributed by atoms with E-state index in [2.05, 4.69) is 4.98 Å². The number of thiazole rings is 1. The van der Waals surface area contributed by atoms with Gasteiger partial charge in [-0.05, 0) is 48.6 Å². The highest BCUT2D eigenvalue weighted by molar-refractivity contribution is 7.12. The fourth-order valence-corrected chi connectivity index (χ4v) is 4.13. The highest BCUT2D eigenvalue weighted by Crippen LogP contribution is 2.31. The van der Waals surface area contributed by atoms with E-state index in [-0.39, 0.29) is 5.91 Å². The average molecular weight is 405 g/mol. The quantitative estimate of drug-likeness (QED) is 0.540. The van der Waals surface area contributed by atoms with Crippen molar-refractivity contribution in [2.75, 3.05) is 0 Å². The second-order valence-corrected chi connectivity index (χ2v) is 8.44. The van der Waals surface area contributed by atoms with Crippen molar-refractivity contribution in [2.24, 2.45) is 0 Å². The Morgan fingerprint density at radius 3 is 2.73 bits per heavy atom. The number of benzene rings is 1. The SMILES string of the molecule is O=C(c1cccs1)N(Cc1csc(COc2ccc(Cl)cc2)n1)C1CC1. The third-order valence-electron chi connectivity index (χ3n) is 4.09. The Labute approximate surface area is 165 Å². The number of aromatic nitrogens is 1. The maximum atomic E-state index is 12.7. The molecule has 4 nitrogen and oxygen atoms in total. The summed E-state index contributed by atoms with van der Waals surface area (Å²) in [7, 11) is 0. The molecule has 0 saturated heterocycles. The fraction of sp³-hybridized carbons (Fsp3) is 0.263. The molecule has 0 aliphatic heterocycles. The Kier molecular flexibility index (Phi) is 5.24. The number of thiophene rings is 1. The largest absolute Gasteiger partial charge is 0.486 e. The van der Waals surface area contributed by atoms with Crippen LogP contribution in [0.5, 0.6) is 5.75 Å². The zero-order valence-electron chi connectivity index (χ0n) is 13.9. The number of carbonyl (C=O) groups is 1. The van der Waals surface area contributed by atoms with Crippen LogP contribution in [-0.2, 0) is 13.2 Å². The number of hydrogen-bond acceptors (Lipinski definition) is 5. The lowest BCUT2D eigenvalue weighted by molar-refractivity contribution is 0.0733. The summed E-state index contributed by atoms with van der Waals surface area (Å²) in [5.74, 6) is 0.869. The number of halogens is 1. The van der Waals surface area contributed by atoms with E-state index in [9.17, 15) is 4.79 Å². The molecule has 0 spiro atoms. The number of amides is 1. The standard InChI is InChI=1S/C19H17ClN2O2S2/c20-13-3-7-16(8-4-13)24-11-18-21-14(12-26-18)10-22(15-5-6-15)19(23)17-2-1-9-25-17/h1-4,7-9,12,15H,5-6,10-11H2. The van der Waals surface area contributed by atoms with E-state index in [0.29, 0.717) is 24.2 Å². The molecule has 4 rings (SSSR count). The summed E-state index contributed by atoms with van der Waals surface area (Å²) in [6.45, 7) is 0.966. The van der Waals surface area contributed by atoms with Gasteiger partial charge in [-0.2, -0.15) is 0 Å². The van der Waals surface area contributed by atoms with E-state index in [0.717, 1.165) is 34.2 Å². The van der Waals surface area contributed by atoms with Crippen molar-refractivity contribution in [3.8, 4) is 5.75 Å². The molecular weight excluding hydrogens is 388 g/mol. The van der Waals surface area contributed by atoms with E-state index >= 15 is 0 Å². The average Bonchev–Trinajstić information content (AvgIpc) is 3.16. The van der Waals surface area contributed by atoms with Gasteiger partial charge >= 0.3 is 0 Å². The first-order valence-electron chi connectivity index (χ1n) is 8.35. The van der Waals surface area contributed by atoms with E-state index in [1.54, 1.807) is 23.5 Å². The van der Waals surface area contributed by atoms with Crippen LogP contribution in [0.2, 0.25) is 5.02 Å². The van der Waals surface area contributed by atoms with Gasteiger partial charge in [0.05, 0.1) is 17.1 Å². The lowest BCUT2D eigenvalue weighted by atomic mass is 10.3. The number of rotatable bonds is 7. The molecule has 0 N–H and O–H groups in total. The van der Waals surface area contributed by atoms with Gasteiger partial charge in [0.15, 0.2) is 0 Å². The molecule has 26 heavy (non-hydrogen) atoms. The molecule has 2 heterocycles. The summed E-state index contributed by atoms with van der Waals surface area (Å²) in [5.41, 5.74) is 0.918. The second kappa shape index (κ2) is 7.78. The molecule has 134 valence electrons. The van der Waals surface area contributed by atoms with Gasteiger partial charge in [-0.3, -0.25) is 4.79 Å². The molecule has 7 heteroatoms. The molecule has 1 aromatic carbocycles. The van der Waals surface area contributed by atoms with Crippen molar-refractivity contribution >= 4 is 40.2 Å². The maximum Gasteiger partial charge on any atom is 0.264 e. The number of ether oxygens (including phenoxy) is 1. The summed E-state index contributed by atoms with van der Waals surface area (Å²) in [6, 6.07) is 11.4. The van der Waals surface area contributed by atoms with E-state index in [1.165, 1.54) is 11.3 Å². The fourth-order valence-electron chi connectivity index (χ4n) is 2.63. The molecular formula is C19H17ClN2O2S2. The van der Waals surface area contributed by atoms with E-state index < -0.39 is 0 Å². The van der Waals surface area contributed by atoms with Gasteiger partial charge in [-0.15, -0.1) is 22.7 Å². The Morgan fingerprint density at radius 1 is 1.23 bits per heavy atom. The number of hydrogen-bond donors (Lipinski definition) is 0. The summed E-state index contributed by atoms with van der Waals surface area (Å²) in [5, 5.41) is 5.53. The first kappa shape index (κ1) is 17.5. The third kappa shape index (κ3) is 4.26. The maximum absolute atomic E-state index is 12.7. The van der Waals surface area contributed by atoms with Gasteiger partial charge in [-0.25, -0.2) is 4.98 Å². The zero-order chi connectivity index (χ0) is 17.9. The van der Waals surface area contributed by atoms with Gasteiger partial charge in [-0.1, -0.05) is 17.7 Å². The lowest BCUT2D eigenvalue weighted by Crippen LogP contribution is -2.32. The molecule has 3 aromatic rings. The van der Waals surface area contributed by atoms with Gasteiger partial charge in [0.2, 0.25) is 0 Å². The van der Waals surface area contributed by atoms with Gasteiger partial charge in [0, 0.05) is 16.4 Å². The van der Waals surface area contributed by atoms with Crippen LogP contribution in [0.3, 0.4) is 0 Å². The van der Waals surface area contributed by atoms with E-state index in [4.69, 9.17) is 16.3 Å². The normalized spacial score (nSPS) is 13.6. The summed E-state index contributed by atoms with van der Waals surface area (Å²) in [4.78, 5) is 20.1. The Balaban J connectivity index is 1.39.